The Morgan fingerprint density at radius 3 is 2.50 bits per heavy atom. The number of rotatable bonds is 5. The summed E-state index contributed by atoms with van der Waals surface area (Å²) in [6.45, 7) is -0.632. The van der Waals surface area contributed by atoms with Gasteiger partial charge in [0.15, 0.2) is 0 Å². The lowest BCUT2D eigenvalue weighted by molar-refractivity contribution is -0.145. The van der Waals surface area contributed by atoms with Crippen LogP contribution in [0.4, 0.5) is 0 Å². The second-order valence-corrected chi connectivity index (χ2v) is 3.41. The van der Waals surface area contributed by atoms with Crippen molar-refractivity contribution >= 4 is 16.1 Å². The van der Waals surface area contributed by atoms with Crippen molar-refractivity contribution in [3.05, 3.63) is 0 Å². The predicted molar refractivity (Wildman–Crippen MR) is 37.4 cm³/mol. The molecule has 0 saturated carbocycles. The van der Waals surface area contributed by atoms with Gasteiger partial charge in [0.05, 0.1) is 29.6 Å². The molecule has 0 unspecified atom stereocenters. The van der Waals surface area contributed by atoms with E-state index in [1.165, 1.54) is 7.11 Å². The van der Waals surface area contributed by atoms with Crippen molar-refractivity contribution in [1.29, 1.82) is 0 Å². The summed E-state index contributed by atoms with van der Waals surface area (Å²) in [6.07, 6.45) is 0. The summed E-state index contributed by atoms with van der Waals surface area (Å²) < 4.78 is 38.7. The number of esters is 1. The van der Waals surface area contributed by atoms with Crippen molar-refractivity contribution in [2.24, 2.45) is 0 Å². The minimum Gasteiger partial charge on any atom is -0.748 e. The summed E-state index contributed by atoms with van der Waals surface area (Å²) in [5.74, 6) is -1.25. The molecule has 0 heterocycles. The highest BCUT2D eigenvalue weighted by molar-refractivity contribution is 7.85. The topological polar surface area (TPSA) is 92.7 Å². The average molecular weight is 197 g/mol. The summed E-state index contributed by atoms with van der Waals surface area (Å²) >= 11 is 0. The molecule has 0 amide bonds. The van der Waals surface area contributed by atoms with Crippen LogP contribution in [0, 0.1) is 0 Å². The Hall–Kier alpha value is -0.660. The van der Waals surface area contributed by atoms with Crippen LogP contribution in [0.1, 0.15) is 0 Å². The third kappa shape index (κ3) is 7.45. The Morgan fingerprint density at radius 2 is 2.08 bits per heavy atom. The van der Waals surface area contributed by atoms with Crippen molar-refractivity contribution in [2.45, 2.75) is 0 Å². The molecule has 6 nitrogen and oxygen atoms in total. The maximum Gasteiger partial charge on any atom is 0.331 e. The van der Waals surface area contributed by atoms with Gasteiger partial charge in [-0.3, -0.25) is 0 Å². The summed E-state index contributed by atoms with van der Waals surface area (Å²) in [7, 11) is -3.08. The first-order valence-electron chi connectivity index (χ1n) is 3.04. The van der Waals surface area contributed by atoms with E-state index < -0.39 is 21.8 Å². The number of ether oxygens (including phenoxy) is 2. The number of carbonyl (C=O) groups is 1. The van der Waals surface area contributed by atoms with E-state index >= 15 is 0 Å². The van der Waals surface area contributed by atoms with Crippen LogP contribution in [-0.4, -0.2) is 45.0 Å². The van der Waals surface area contributed by atoms with Crippen LogP contribution in [0.2, 0.25) is 0 Å². The van der Waals surface area contributed by atoms with Crippen molar-refractivity contribution < 1.29 is 27.2 Å². The monoisotopic (exact) mass is 197 g/mol. The molecule has 0 atom stereocenters. The molecule has 0 bridgehead atoms. The van der Waals surface area contributed by atoms with Crippen LogP contribution in [0.5, 0.6) is 0 Å². The fourth-order valence-corrected chi connectivity index (χ4v) is 0.697. The van der Waals surface area contributed by atoms with Gasteiger partial charge in [0.1, 0.15) is 6.61 Å². The van der Waals surface area contributed by atoms with Crippen molar-refractivity contribution in [1.82, 2.24) is 0 Å². The molecule has 0 aliphatic rings. The van der Waals surface area contributed by atoms with Gasteiger partial charge in [-0.2, -0.15) is 0 Å². The van der Waals surface area contributed by atoms with E-state index in [2.05, 4.69) is 9.47 Å². The number of carbonyl (C=O) groups excluding carboxylic acids is 1. The van der Waals surface area contributed by atoms with E-state index in [4.69, 9.17) is 0 Å². The van der Waals surface area contributed by atoms with Gasteiger partial charge in [-0.05, 0) is 0 Å². The molecular weight excluding hydrogens is 188 g/mol. The van der Waals surface area contributed by atoms with Crippen LogP contribution < -0.4 is 0 Å². The average Bonchev–Trinajstić information content (AvgIpc) is 1.96. The summed E-state index contributed by atoms with van der Waals surface area (Å²) in [6, 6.07) is 0. The molecule has 0 aliphatic carbocycles. The van der Waals surface area contributed by atoms with Crippen molar-refractivity contribution in [3.63, 3.8) is 0 Å². The number of methoxy groups -OCH3 is 1. The number of hydrogen-bond acceptors (Lipinski definition) is 6. The fourth-order valence-electron chi connectivity index (χ4n) is 0.375. The summed E-state index contributed by atoms with van der Waals surface area (Å²) in [4.78, 5) is 10.4. The molecule has 0 fully saturated rings. The van der Waals surface area contributed by atoms with Gasteiger partial charge in [0.2, 0.25) is 0 Å². The van der Waals surface area contributed by atoms with Gasteiger partial charge < -0.3 is 14.0 Å². The van der Waals surface area contributed by atoms with Gasteiger partial charge >= 0.3 is 5.97 Å². The Morgan fingerprint density at radius 1 is 1.50 bits per heavy atom. The SMILES string of the molecule is COC(=O)COCCS(=O)(=O)[O-]. The van der Waals surface area contributed by atoms with E-state index in [9.17, 15) is 17.8 Å². The molecule has 0 aliphatic heterocycles. The van der Waals surface area contributed by atoms with Crippen LogP contribution >= 0.6 is 0 Å². The van der Waals surface area contributed by atoms with Gasteiger partial charge in [0.25, 0.3) is 0 Å². The quantitative estimate of drug-likeness (QED) is 0.309. The molecule has 0 aromatic heterocycles. The van der Waals surface area contributed by atoms with Gasteiger partial charge in [-0.25, -0.2) is 13.2 Å². The van der Waals surface area contributed by atoms with Gasteiger partial charge in [-0.1, -0.05) is 0 Å². The molecule has 12 heavy (non-hydrogen) atoms. The lowest BCUT2D eigenvalue weighted by atomic mass is 10.7. The maximum absolute atomic E-state index is 10.4. The Labute approximate surface area is 70.2 Å². The Balaban J connectivity index is 3.40. The first-order chi connectivity index (χ1) is 5.45. The minimum absolute atomic E-state index is 0.291. The zero-order valence-electron chi connectivity index (χ0n) is 6.48. The van der Waals surface area contributed by atoms with E-state index in [0.717, 1.165) is 0 Å². The van der Waals surface area contributed by atoms with Gasteiger partial charge in [-0.15, -0.1) is 0 Å². The van der Waals surface area contributed by atoms with Crippen LogP contribution in [0.25, 0.3) is 0 Å². The first kappa shape index (κ1) is 11.3. The smallest absolute Gasteiger partial charge is 0.331 e. The second-order valence-electron chi connectivity index (χ2n) is 1.89. The second kappa shape index (κ2) is 5.07. The molecule has 0 aromatic rings. The summed E-state index contributed by atoms with van der Waals surface area (Å²) in [5, 5.41) is 0. The minimum atomic E-state index is -4.26. The molecule has 0 rings (SSSR count). The van der Waals surface area contributed by atoms with Gasteiger partial charge in [0, 0.05) is 0 Å². The molecule has 0 saturated heterocycles. The largest absolute Gasteiger partial charge is 0.748 e. The van der Waals surface area contributed by atoms with E-state index in [1.807, 2.05) is 0 Å². The molecule has 0 aromatic carbocycles. The Kier molecular flexibility index (Phi) is 4.79. The molecule has 0 spiro atoms. The molecule has 7 heteroatoms. The van der Waals surface area contributed by atoms with Crippen LogP contribution in [0.3, 0.4) is 0 Å². The summed E-state index contributed by atoms with van der Waals surface area (Å²) in [5.41, 5.74) is 0. The van der Waals surface area contributed by atoms with Crippen LogP contribution in [0.15, 0.2) is 0 Å². The van der Waals surface area contributed by atoms with Crippen LogP contribution in [-0.2, 0) is 24.4 Å². The Bertz CT molecular complexity index is 230. The zero-order valence-corrected chi connectivity index (χ0v) is 7.30. The molecule has 0 radical (unpaired) electrons. The van der Waals surface area contributed by atoms with E-state index in [1.54, 1.807) is 0 Å². The highest BCUT2D eigenvalue weighted by atomic mass is 32.2. The van der Waals surface area contributed by atoms with Crippen molar-refractivity contribution in [2.75, 3.05) is 26.1 Å². The third-order valence-electron chi connectivity index (χ3n) is 0.925. The zero-order chi connectivity index (χ0) is 9.61. The lowest BCUT2D eigenvalue weighted by Gasteiger charge is -2.06. The van der Waals surface area contributed by atoms with E-state index in [-0.39, 0.29) is 13.2 Å². The third-order valence-corrected chi connectivity index (χ3v) is 1.59. The van der Waals surface area contributed by atoms with E-state index in [0.29, 0.717) is 0 Å². The fraction of sp³-hybridized carbons (Fsp3) is 0.800. The molecular formula is C5H9O6S-. The predicted octanol–water partition coefficient (Wildman–Crippen LogP) is -1.28. The standard InChI is InChI=1S/C5H10O6S/c1-10-5(6)4-11-2-3-12(7,8)9/h2-4H2,1H3,(H,7,8,9)/p-1. The highest BCUT2D eigenvalue weighted by Gasteiger charge is 2.00. The number of hydrogen-bond donors (Lipinski definition) is 0. The first-order valence-corrected chi connectivity index (χ1v) is 4.61. The lowest BCUT2D eigenvalue weighted by Crippen LogP contribution is -2.16. The highest BCUT2D eigenvalue weighted by Crippen LogP contribution is 1.84. The van der Waals surface area contributed by atoms with Crippen molar-refractivity contribution in [3.8, 4) is 0 Å². The molecule has 0 N–H and O–H groups in total. The maximum atomic E-state index is 10.4. The molecule has 72 valence electrons. The normalized spacial score (nSPS) is 11.2.